The maximum Gasteiger partial charge on any atom is 0.244 e. The zero-order valence-electron chi connectivity index (χ0n) is 16.8. The molecule has 0 radical (unpaired) electrons. The number of alkyl halides is 1. The molecule has 2 aromatic rings. The highest BCUT2D eigenvalue weighted by Gasteiger charge is 2.41. The SMILES string of the molecule is C[C@@H]1C[C@@H](O)c2ncnc(N3CCN(C(=O)C(I)(CN)c4ccc(Cl)cc4)CC3)c21. The predicted octanol–water partition coefficient (Wildman–Crippen LogP) is 2.61. The lowest BCUT2D eigenvalue weighted by atomic mass is 9.97. The molecule has 0 spiro atoms. The molecule has 160 valence electrons. The Bertz CT molecular complexity index is 935. The molecule has 1 aromatic carbocycles. The Kier molecular flexibility index (Phi) is 6.20. The van der Waals surface area contributed by atoms with Gasteiger partial charge in [-0.25, -0.2) is 9.97 Å². The summed E-state index contributed by atoms with van der Waals surface area (Å²) < 4.78 is -0.820. The van der Waals surface area contributed by atoms with Crippen LogP contribution in [0.3, 0.4) is 0 Å². The van der Waals surface area contributed by atoms with E-state index in [1.54, 1.807) is 12.1 Å². The summed E-state index contributed by atoms with van der Waals surface area (Å²) in [5, 5.41) is 10.9. The monoisotopic (exact) mass is 541 g/mol. The predicted molar refractivity (Wildman–Crippen MR) is 125 cm³/mol. The van der Waals surface area contributed by atoms with E-state index >= 15 is 0 Å². The van der Waals surface area contributed by atoms with Crippen LogP contribution >= 0.6 is 34.2 Å². The standard InChI is InChI=1S/C21H25ClIN5O2/c1-13-10-16(29)18-17(13)19(26-12-25-18)27-6-8-28(9-7-27)20(30)21(23,11-24)14-2-4-15(22)5-3-14/h2-5,12-13,16,29H,6-11,24H2,1H3/t13-,16-,21?/m1/s1. The summed E-state index contributed by atoms with van der Waals surface area (Å²) in [6.07, 6.45) is 1.68. The molecule has 1 saturated heterocycles. The molecule has 0 saturated carbocycles. The summed E-state index contributed by atoms with van der Waals surface area (Å²) in [5.41, 5.74) is 8.69. The van der Waals surface area contributed by atoms with Gasteiger partial charge in [0, 0.05) is 43.3 Å². The lowest BCUT2D eigenvalue weighted by molar-refractivity contribution is -0.133. The highest BCUT2D eigenvalue weighted by atomic mass is 127. The van der Waals surface area contributed by atoms with Crippen molar-refractivity contribution in [2.75, 3.05) is 37.6 Å². The van der Waals surface area contributed by atoms with Gasteiger partial charge in [-0.05, 0) is 30.0 Å². The Morgan fingerprint density at radius 2 is 1.93 bits per heavy atom. The van der Waals surface area contributed by atoms with E-state index in [0.717, 1.165) is 22.6 Å². The minimum Gasteiger partial charge on any atom is -0.387 e. The average Bonchev–Trinajstić information content (AvgIpc) is 3.07. The first-order valence-corrected chi connectivity index (χ1v) is 11.5. The third kappa shape index (κ3) is 3.79. The van der Waals surface area contributed by atoms with Crippen molar-refractivity contribution >= 4 is 45.9 Å². The number of hydrogen-bond donors (Lipinski definition) is 2. The number of hydrogen-bond acceptors (Lipinski definition) is 6. The van der Waals surface area contributed by atoms with Crippen molar-refractivity contribution in [1.82, 2.24) is 14.9 Å². The second kappa shape index (κ2) is 8.57. The van der Waals surface area contributed by atoms with Crippen molar-refractivity contribution in [1.29, 1.82) is 0 Å². The number of rotatable bonds is 4. The number of aliphatic hydroxyl groups excluding tert-OH is 1. The van der Waals surface area contributed by atoms with E-state index in [9.17, 15) is 9.90 Å². The normalized spacial score (nSPS) is 23.2. The molecule has 2 heterocycles. The van der Waals surface area contributed by atoms with Gasteiger partial charge >= 0.3 is 0 Å². The van der Waals surface area contributed by atoms with Crippen LogP contribution in [0.4, 0.5) is 5.82 Å². The Balaban J connectivity index is 1.50. The summed E-state index contributed by atoms with van der Waals surface area (Å²) in [6, 6.07) is 7.31. The van der Waals surface area contributed by atoms with E-state index in [1.807, 2.05) is 17.0 Å². The van der Waals surface area contributed by atoms with Crippen LogP contribution < -0.4 is 10.6 Å². The molecule has 7 nitrogen and oxygen atoms in total. The van der Waals surface area contributed by atoms with Gasteiger partial charge in [0.05, 0.1) is 11.8 Å². The fourth-order valence-corrected chi connectivity index (χ4v) is 5.20. The van der Waals surface area contributed by atoms with Crippen LogP contribution in [0.5, 0.6) is 0 Å². The van der Waals surface area contributed by atoms with E-state index in [-0.39, 0.29) is 18.4 Å². The number of aromatic nitrogens is 2. The molecule has 3 atom stereocenters. The number of piperazine rings is 1. The molecular formula is C21H25ClIN5O2. The smallest absolute Gasteiger partial charge is 0.244 e. The third-order valence-electron chi connectivity index (χ3n) is 6.07. The second-order valence-electron chi connectivity index (χ2n) is 7.94. The van der Waals surface area contributed by atoms with Gasteiger partial charge in [-0.1, -0.05) is 53.2 Å². The van der Waals surface area contributed by atoms with Crippen LogP contribution in [0.1, 0.15) is 42.2 Å². The number of carbonyl (C=O) groups excluding carboxylic acids is 1. The first-order valence-electron chi connectivity index (χ1n) is 10.1. The number of halogens is 2. The number of amides is 1. The molecular weight excluding hydrogens is 517 g/mol. The van der Waals surface area contributed by atoms with Crippen molar-refractivity contribution < 1.29 is 9.90 Å². The van der Waals surface area contributed by atoms with Gasteiger partial charge in [-0.15, -0.1) is 0 Å². The van der Waals surface area contributed by atoms with Crippen LogP contribution in [0.25, 0.3) is 0 Å². The van der Waals surface area contributed by atoms with E-state index in [1.165, 1.54) is 6.33 Å². The number of carbonyl (C=O) groups is 1. The van der Waals surface area contributed by atoms with Crippen molar-refractivity contribution in [2.24, 2.45) is 5.73 Å². The zero-order chi connectivity index (χ0) is 21.5. The van der Waals surface area contributed by atoms with Gasteiger partial charge in [0.25, 0.3) is 0 Å². The summed E-state index contributed by atoms with van der Waals surface area (Å²) in [4.78, 5) is 26.3. The van der Waals surface area contributed by atoms with Crippen molar-refractivity contribution in [3.8, 4) is 0 Å². The van der Waals surface area contributed by atoms with E-state index in [4.69, 9.17) is 17.3 Å². The number of nitrogens with two attached hydrogens (primary N) is 1. The number of nitrogens with zero attached hydrogens (tertiary/aromatic N) is 4. The summed E-state index contributed by atoms with van der Waals surface area (Å²) >= 11 is 8.18. The van der Waals surface area contributed by atoms with Crippen LogP contribution in [-0.4, -0.2) is 58.6 Å². The minimum atomic E-state index is -0.820. The van der Waals surface area contributed by atoms with Gasteiger partial charge in [0.15, 0.2) is 0 Å². The molecule has 1 fully saturated rings. The molecule has 0 bridgehead atoms. The van der Waals surface area contributed by atoms with Crippen LogP contribution in [-0.2, 0) is 8.22 Å². The van der Waals surface area contributed by atoms with Gasteiger partial charge in [0.1, 0.15) is 15.6 Å². The molecule has 2 aliphatic rings. The van der Waals surface area contributed by atoms with Gasteiger partial charge in [-0.3, -0.25) is 4.79 Å². The maximum atomic E-state index is 13.4. The van der Waals surface area contributed by atoms with Crippen LogP contribution in [0.15, 0.2) is 30.6 Å². The van der Waals surface area contributed by atoms with Gasteiger partial charge in [0.2, 0.25) is 5.91 Å². The van der Waals surface area contributed by atoms with Crippen molar-refractivity contribution in [2.45, 2.75) is 28.8 Å². The topological polar surface area (TPSA) is 95.6 Å². The molecule has 3 N–H and O–H groups in total. The molecule has 1 aromatic heterocycles. The number of benzene rings is 1. The Morgan fingerprint density at radius 3 is 2.57 bits per heavy atom. The van der Waals surface area contributed by atoms with E-state index < -0.39 is 9.53 Å². The molecule has 1 unspecified atom stereocenters. The molecule has 4 rings (SSSR count). The first kappa shape index (κ1) is 21.7. The highest BCUT2D eigenvalue weighted by molar-refractivity contribution is 14.1. The number of aliphatic hydroxyl groups is 1. The van der Waals surface area contributed by atoms with Crippen LogP contribution in [0, 0.1) is 0 Å². The molecule has 9 heteroatoms. The van der Waals surface area contributed by atoms with Gasteiger partial charge < -0.3 is 20.6 Å². The Labute approximate surface area is 194 Å². The largest absolute Gasteiger partial charge is 0.387 e. The molecule has 1 aliphatic carbocycles. The fraction of sp³-hybridized carbons (Fsp3) is 0.476. The molecule has 1 aliphatic heterocycles. The number of fused-ring (bicyclic) bond motifs is 1. The van der Waals surface area contributed by atoms with E-state index in [0.29, 0.717) is 37.6 Å². The second-order valence-corrected chi connectivity index (χ2v) is 10.2. The van der Waals surface area contributed by atoms with Crippen molar-refractivity contribution in [3.05, 3.63) is 52.4 Å². The lowest BCUT2D eigenvalue weighted by Crippen LogP contribution is -2.55. The highest BCUT2D eigenvalue weighted by Crippen LogP contribution is 2.43. The van der Waals surface area contributed by atoms with E-state index in [2.05, 4.69) is 44.4 Å². The molecule has 1 amide bonds. The lowest BCUT2D eigenvalue weighted by Gasteiger charge is -2.40. The maximum absolute atomic E-state index is 13.4. The van der Waals surface area contributed by atoms with Crippen molar-refractivity contribution in [3.63, 3.8) is 0 Å². The van der Waals surface area contributed by atoms with Crippen LogP contribution in [0.2, 0.25) is 5.02 Å². The summed E-state index contributed by atoms with van der Waals surface area (Å²) in [7, 11) is 0. The quantitative estimate of drug-likeness (QED) is 0.456. The first-order chi connectivity index (χ1) is 14.3. The minimum absolute atomic E-state index is 0.0179. The Morgan fingerprint density at radius 1 is 1.27 bits per heavy atom. The summed E-state index contributed by atoms with van der Waals surface area (Å²) in [5.74, 6) is 1.12. The Hall–Kier alpha value is -1.49. The average molecular weight is 542 g/mol. The molecule has 30 heavy (non-hydrogen) atoms. The zero-order valence-corrected chi connectivity index (χ0v) is 19.7. The van der Waals surface area contributed by atoms with Gasteiger partial charge in [-0.2, -0.15) is 0 Å². The number of anilines is 1. The third-order valence-corrected chi connectivity index (χ3v) is 7.84. The fourth-order valence-electron chi connectivity index (χ4n) is 4.37. The summed E-state index contributed by atoms with van der Waals surface area (Å²) in [6.45, 7) is 4.84.